The van der Waals surface area contributed by atoms with Gasteiger partial charge in [0.25, 0.3) is 0 Å². The van der Waals surface area contributed by atoms with Gasteiger partial charge in [-0.1, -0.05) is 6.07 Å². The van der Waals surface area contributed by atoms with E-state index in [4.69, 9.17) is 0 Å². The van der Waals surface area contributed by atoms with Gasteiger partial charge in [-0.05, 0) is 30.3 Å². The molecule has 8 heteroatoms. The molecule has 0 aliphatic rings. The average molecular weight is 363 g/mol. The molecule has 2 heterocycles. The molecule has 0 spiro atoms. The van der Waals surface area contributed by atoms with Gasteiger partial charge in [-0.2, -0.15) is 10.4 Å². The first-order valence-corrected chi connectivity index (χ1v) is 7.89. The number of rotatable bonds is 2. The van der Waals surface area contributed by atoms with Crippen LogP contribution in [0.3, 0.4) is 0 Å². The molecule has 0 fully saturated rings. The van der Waals surface area contributed by atoms with Crippen LogP contribution in [0.15, 0.2) is 53.7 Å². The number of hydrogen-bond acceptors (Lipinski definition) is 4. The molecule has 2 aromatic heterocycles. The van der Waals surface area contributed by atoms with Gasteiger partial charge in [0.1, 0.15) is 18.0 Å². The topological polar surface area (TPSA) is 76.0 Å². The predicted molar refractivity (Wildman–Crippen MR) is 93.7 cm³/mol. The highest BCUT2D eigenvalue weighted by Gasteiger charge is 2.15. The summed E-state index contributed by atoms with van der Waals surface area (Å²) >= 11 is 0. The highest BCUT2D eigenvalue weighted by Crippen LogP contribution is 2.31. The first kappa shape index (κ1) is 16.6. The summed E-state index contributed by atoms with van der Waals surface area (Å²) in [5, 5.41) is 13.2. The van der Waals surface area contributed by atoms with Crippen LogP contribution >= 0.6 is 0 Å². The maximum atomic E-state index is 14.5. The normalized spacial score (nSPS) is 10.9. The van der Waals surface area contributed by atoms with Crippen LogP contribution in [0.4, 0.5) is 8.78 Å². The average Bonchev–Trinajstić information content (AvgIpc) is 3.10. The van der Waals surface area contributed by atoms with E-state index in [2.05, 4.69) is 10.1 Å². The third-order valence-electron chi connectivity index (χ3n) is 4.28. The number of halogens is 2. The Morgan fingerprint density at radius 2 is 1.93 bits per heavy atom. The van der Waals surface area contributed by atoms with Crippen LogP contribution in [0.2, 0.25) is 0 Å². The fraction of sp³-hybridized carbons (Fsp3) is 0.0526. The van der Waals surface area contributed by atoms with Crippen LogP contribution in [-0.4, -0.2) is 19.2 Å². The first-order chi connectivity index (χ1) is 13.0. The van der Waals surface area contributed by atoms with Gasteiger partial charge in [-0.15, -0.1) is 0 Å². The number of imidazole rings is 1. The lowest BCUT2D eigenvalue weighted by molar-refractivity contribution is 0.625. The van der Waals surface area contributed by atoms with Gasteiger partial charge in [0.15, 0.2) is 0 Å². The molecule has 0 aliphatic carbocycles. The molecule has 4 rings (SSSR count). The van der Waals surface area contributed by atoms with E-state index in [-0.39, 0.29) is 27.9 Å². The largest absolute Gasteiger partial charge is 0.310 e. The third kappa shape index (κ3) is 2.66. The zero-order chi connectivity index (χ0) is 19.1. The van der Waals surface area contributed by atoms with Crippen LogP contribution in [0.1, 0.15) is 5.56 Å². The van der Waals surface area contributed by atoms with Crippen molar-refractivity contribution < 1.29 is 8.78 Å². The van der Waals surface area contributed by atoms with Crippen LogP contribution in [0.5, 0.6) is 0 Å². The molecule has 0 unspecified atom stereocenters. The summed E-state index contributed by atoms with van der Waals surface area (Å²) < 4.78 is 30.5. The SMILES string of the molecule is Cn1ncn2c(-c3ccc(F)c(-c4ccc(F)cc4C#N)c3)cnc2c1=O. The van der Waals surface area contributed by atoms with E-state index in [1.165, 1.54) is 59.0 Å². The smallest absolute Gasteiger partial charge is 0.277 e. The molecule has 0 bridgehead atoms. The zero-order valence-electron chi connectivity index (χ0n) is 14.0. The summed E-state index contributed by atoms with van der Waals surface area (Å²) in [4.78, 5) is 16.2. The Morgan fingerprint density at radius 1 is 1.11 bits per heavy atom. The Kier molecular flexibility index (Phi) is 3.78. The van der Waals surface area contributed by atoms with Gasteiger partial charge in [-0.25, -0.2) is 18.4 Å². The monoisotopic (exact) mass is 363 g/mol. The van der Waals surface area contributed by atoms with Gasteiger partial charge < -0.3 is 0 Å². The molecule has 27 heavy (non-hydrogen) atoms. The highest BCUT2D eigenvalue weighted by atomic mass is 19.1. The van der Waals surface area contributed by atoms with Gasteiger partial charge in [-0.3, -0.25) is 9.20 Å². The second-order valence-corrected chi connectivity index (χ2v) is 5.89. The number of fused-ring (bicyclic) bond motifs is 1. The Hall–Kier alpha value is -3.86. The molecule has 0 atom stereocenters. The maximum Gasteiger partial charge on any atom is 0.310 e. The van der Waals surface area contributed by atoms with E-state index in [1.54, 1.807) is 0 Å². The van der Waals surface area contributed by atoms with Crippen LogP contribution in [0, 0.1) is 23.0 Å². The van der Waals surface area contributed by atoms with E-state index in [0.717, 1.165) is 6.07 Å². The summed E-state index contributed by atoms with van der Waals surface area (Å²) in [6.07, 6.45) is 2.94. The highest BCUT2D eigenvalue weighted by molar-refractivity contribution is 5.76. The quantitative estimate of drug-likeness (QED) is 0.549. The van der Waals surface area contributed by atoms with Gasteiger partial charge in [0.2, 0.25) is 5.65 Å². The zero-order valence-corrected chi connectivity index (χ0v) is 14.0. The molecule has 0 aliphatic heterocycles. The van der Waals surface area contributed by atoms with Crippen molar-refractivity contribution in [2.75, 3.05) is 0 Å². The third-order valence-corrected chi connectivity index (χ3v) is 4.28. The van der Waals surface area contributed by atoms with Gasteiger partial charge >= 0.3 is 5.56 Å². The predicted octanol–water partition coefficient (Wildman–Crippen LogP) is 2.91. The lowest BCUT2D eigenvalue weighted by Crippen LogP contribution is -2.21. The number of hydrogen-bond donors (Lipinski definition) is 0. The molecule has 0 amide bonds. The summed E-state index contributed by atoms with van der Waals surface area (Å²) in [5.41, 5.74) is 1.39. The summed E-state index contributed by atoms with van der Waals surface area (Å²) in [7, 11) is 1.52. The second-order valence-electron chi connectivity index (χ2n) is 5.89. The molecule has 0 N–H and O–H groups in total. The molecule has 132 valence electrons. The number of benzene rings is 2. The van der Waals surface area contributed by atoms with Crippen molar-refractivity contribution in [1.82, 2.24) is 19.2 Å². The Labute approximate surface area is 151 Å². The van der Waals surface area contributed by atoms with Crippen LogP contribution in [0.25, 0.3) is 28.0 Å². The second kappa shape index (κ2) is 6.14. The lowest BCUT2D eigenvalue weighted by atomic mass is 9.97. The van der Waals surface area contributed by atoms with Crippen molar-refractivity contribution in [2.24, 2.45) is 7.05 Å². The Morgan fingerprint density at radius 3 is 2.70 bits per heavy atom. The number of nitriles is 1. The van der Waals surface area contributed by atoms with Crippen molar-refractivity contribution >= 4 is 5.65 Å². The van der Waals surface area contributed by atoms with E-state index < -0.39 is 11.6 Å². The van der Waals surface area contributed by atoms with Crippen molar-refractivity contribution in [3.63, 3.8) is 0 Å². The molecule has 2 aromatic carbocycles. The van der Waals surface area contributed by atoms with E-state index in [9.17, 15) is 18.8 Å². The van der Waals surface area contributed by atoms with Crippen molar-refractivity contribution in [2.45, 2.75) is 0 Å². The molecule has 0 saturated carbocycles. The minimum absolute atomic E-state index is 0.0275. The summed E-state index contributed by atoms with van der Waals surface area (Å²) in [6, 6.07) is 9.80. The number of aromatic nitrogens is 4. The van der Waals surface area contributed by atoms with E-state index in [0.29, 0.717) is 11.3 Å². The molecular formula is C19H11F2N5O. The van der Waals surface area contributed by atoms with Crippen molar-refractivity contribution in [3.05, 3.63) is 76.5 Å². The van der Waals surface area contributed by atoms with Crippen molar-refractivity contribution in [1.29, 1.82) is 5.26 Å². The minimum atomic E-state index is -0.574. The number of aryl methyl sites for hydroxylation is 1. The van der Waals surface area contributed by atoms with E-state index >= 15 is 0 Å². The lowest BCUT2D eigenvalue weighted by Gasteiger charge is -2.09. The van der Waals surface area contributed by atoms with Gasteiger partial charge in [0, 0.05) is 23.7 Å². The standard InChI is InChI=1S/C19H11F2N5O/c1-25-19(27)18-23-9-17(26(18)10-24-25)11-2-5-16(21)15(7-11)14-4-3-13(20)6-12(14)8-22/h2-7,9-10H,1H3. The van der Waals surface area contributed by atoms with Crippen LogP contribution < -0.4 is 5.56 Å². The molecule has 6 nitrogen and oxygen atoms in total. The number of nitrogens with zero attached hydrogens (tertiary/aromatic N) is 5. The molecule has 0 radical (unpaired) electrons. The van der Waals surface area contributed by atoms with Crippen LogP contribution in [-0.2, 0) is 7.05 Å². The maximum absolute atomic E-state index is 14.5. The van der Waals surface area contributed by atoms with Crippen molar-refractivity contribution in [3.8, 4) is 28.5 Å². The summed E-state index contributed by atoms with van der Waals surface area (Å²) in [6.45, 7) is 0. The minimum Gasteiger partial charge on any atom is -0.277 e. The Bertz CT molecular complexity index is 1300. The van der Waals surface area contributed by atoms with Gasteiger partial charge in [0.05, 0.1) is 23.5 Å². The molecular weight excluding hydrogens is 352 g/mol. The molecule has 0 saturated heterocycles. The Balaban J connectivity index is 1.94. The molecule has 4 aromatic rings. The fourth-order valence-corrected chi connectivity index (χ4v) is 2.91. The first-order valence-electron chi connectivity index (χ1n) is 7.89. The van der Waals surface area contributed by atoms with E-state index in [1.807, 2.05) is 6.07 Å². The fourth-order valence-electron chi connectivity index (χ4n) is 2.91. The summed E-state index contributed by atoms with van der Waals surface area (Å²) in [5.74, 6) is -1.12.